The van der Waals surface area contributed by atoms with Crippen molar-refractivity contribution in [3.8, 4) is 0 Å². The Morgan fingerprint density at radius 1 is 0.917 bits per heavy atom. The molecule has 0 saturated heterocycles. The molecular weight excluding hydrogens is 506 g/mol. The van der Waals surface area contributed by atoms with Crippen LogP contribution < -0.4 is 10.2 Å². The standard InChI is InChI=1S/C27H17ClF2N2O3S/c28-18-5-3-4-16(12-18)15-32-23-13-17(26(33)31-22-14-19(29)9-10-21(22)30)8-11-25(23)36(35)24-7-2-1-6-20(24)27(32)34/h1-14H,15H2,(H,31,33)/t36-/m1/s1. The lowest BCUT2D eigenvalue weighted by Gasteiger charge is -2.24. The van der Waals surface area contributed by atoms with Crippen molar-refractivity contribution in [1.29, 1.82) is 0 Å². The zero-order chi connectivity index (χ0) is 25.4. The highest BCUT2D eigenvalue weighted by Crippen LogP contribution is 2.36. The van der Waals surface area contributed by atoms with Gasteiger partial charge in [0.2, 0.25) is 0 Å². The molecule has 180 valence electrons. The highest BCUT2D eigenvalue weighted by atomic mass is 35.5. The first kappa shape index (κ1) is 23.8. The van der Waals surface area contributed by atoms with Crippen LogP contribution in [0.3, 0.4) is 0 Å². The van der Waals surface area contributed by atoms with E-state index in [0.717, 1.165) is 23.8 Å². The number of carbonyl (C=O) groups excluding carboxylic acids is 2. The second-order valence-corrected chi connectivity index (χ2v) is 9.90. The highest BCUT2D eigenvalue weighted by molar-refractivity contribution is 7.85. The number of rotatable bonds is 4. The number of benzene rings is 4. The molecule has 9 heteroatoms. The van der Waals surface area contributed by atoms with Crippen molar-refractivity contribution in [2.75, 3.05) is 10.2 Å². The van der Waals surface area contributed by atoms with E-state index in [-0.39, 0.29) is 29.0 Å². The third kappa shape index (κ3) is 4.53. The molecule has 0 fully saturated rings. The molecule has 36 heavy (non-hydrogen) atoms. The fraction of sp³-hybridized carbons (Fsp3) is 0.0370. The summed E-state index contributed by atoms with van der Waals surface area (Å²) < 4.78 is 41.1. The Morgan fingerprint density at radius 2 is 1.72 bits per heavy atom. The lowest BCUT2D eigenvalue weighted by molar-refractivity contribution is 0.0979. The summed E-state index contributed by atoms with van der Waals surface area (Å²) in [7, 11) is -1.71. The fourth-order valence-corrected chi connectivity index (χ4v) is 5.52. The van der Waals surface area contributed by atoms with Gasteiger partial charge in [-0.1, -0.05) is 35.9 Å². The Hall–Kier alpha value is -3.88. The van der Waals surface area contributed by atoms with Crippen molar-refractivity contribution < 1.29 is 22.6 Å². The van der Waals surface area contributed by atoms with E-state index in [9.17, 15) is 22.6 Å². The number of anilines is 2. The van der Waals surface area contributed by atoms with E-state index in [1.165, 1.54) is 23.1 Å². The maximum Gasteiger partial charge on any atom is 0.259 e. The van der Waals surface area contributed by atoms with E-state index < -0.39 is 34.2 Å². The predicted octanol–water partition coefficient (Wildman–Crippen LogP) is 6.20. The van der Waals surface area contributed by atoms with Gasteiger partial charge >= 0.3 is 0 Å². The molecule has 5 nitrogen and oxygen atoms in total. The average Bonchev–Trinajstić information content (AvgIpc) is 2.95. The van der Waals surface area contributed by atoms with E-state index in [1.807, 2.05) is 0 Å². The minimum Gasteiger partial charge on any atom is -0.319 e. The van der Waals surface area contributed by atoms with E-state index >= 15 is 0 Å². The summed E-state index contributed by atoms with van der Waals surface area (Å²) >= 11 is 6.14. The zero-order valence-electron chi connectivity index (χ0n) is 18.5. The van der Waals surface area contributed by atoms with Crippen LogP contribution >= 0.6 is 11.6 Å². The summed E-state index contributed by atoms with van der Waals surface area (Å²) in [6.07, 6.45) is 0. The van der Waals surface area contributed by atoms with Crippen molar-refractivity contribution in [3.63, 3.8) is 0 Å². The Kier molecular flexibility index (Phi) is 6.38. The summed E-state index contributed by atoms with van der Waals surface area (Å²) in [5, 5.41) is 2.84. The molecule has 4 aromatic carbocycles. The molecule has 1 aliphatic heterocycles. The van der Waals surface area contributed by atoms with Crippen LogP contribution in [0.2, 0.25) is 5.02 Å². The van der Waals surface area contributed by atoms with Gasteiger partial charge in [-0.2, -0.15) is 0 Å². The summed E-state index contributed by atoms with van der Waals surface area (Å²) in [4.78, 5) is 28.7. The molecule has 0 bridgehead atoms. The van der Waals surface area contributed by atoms with Gasteiger partial charge in [-0.25, -0.2) is 13.0 Å². The lowest BCUT2D eigenvalue weighted by Crippen LogP contribution is -2.30. The van der Waals surface area contributed by atoms with Gasteiger partial charge in [-0.15, -0.1) is 0 Å². The second kappa shape index (κ2) is 9.64. The normalized spacial score (nSPS) is 14.6. The summed E-state index contributed by atoms with van der Waals surface area (Å²) in [5.41, 5.74) is 1.02. The first-order chi connectivity index (χ1) is 17.3. The second-order valence-electron chi connectivity index (χ2n) is 8.05. The van der Waals surface area contributed by atoms with E-state index in [0.29, 0.717) is 14.8 Å². The summed E-state index contributed by atoms with van der Waals surface area (Å²) in [5.74, 6) is -2.62. The molecule has 0 aliphatic carbocycles. The molecule has 1 N–H and O–H groups in total. The molecule has 1 heterocycles. The van der Waals surface area contributed by atoms with Crippen molar-refractivity contribution in [3.05, 3.63) is 118 Å². The van der Waals surface area contributed by atoms with Crippen molar-refractivity contribution in [2.24, 2.45) is 0 Å². The quantitative estimate of drug-likeness (QED) is 0.347. The van der Waals surface area contributed by atoms with Crippen LogP contribution in [0.5, 0.6) is 0 Å². The van der Waals surface area contributed by atoms with Crippen LogP contribution in [0.1, 0.15) is 26.3 Å². The van der Waals surface area contributed by atoms with E-state index in [4.69, 9.17) is 11.6 Å². The molecule has 2 amide bonds. The van der Waals surface area contributed by atoms with Gasteiger partial charge in [-0.3, -0.25) is 9.59 Å². The Morgan fingerprint density at radius 3 is 2.53 bits per heavy atom. The molecule has 0 aromatic heterocycles. The van der Waals surface area contributed by atoms with Crippen molar-refractivity contribution >= 4 is 45.6 Å². The third-order valence-corrected chi connectivity index (χ3v) is 7.42. The fourth-order valence-electron chi connectivity index (χ4n) is 3.97. The Labute approximate surface area is 212 Å². The number of amides is 2. The van der Waals surface area contributed by atoms with Crippen LogP contribution in [0, 0.1) is 11.6 Å². The van der Waals surface area contributed by atoms with Gasteiger partial charge in [0.1, 0.15) is 11.6 Å². The number of nitrogens with one attached hydrogen (secondary N) is 1. The smallest absolute Gasteiger partial charge is 0.259 e. The predicted molar refractivity (Wildman–Crippen MR) is 134 cm³/mol. The van der Waals surface area contributed by atoms with Crippen LogP contribution in [-0.2, 0) is 17.3 Å². The minimum atomic E-state index is -1.71. The van der Waals surface area contributed by atoms with Crippen LogP contribution in [0.4, 0.5) is 20.2 Å². The number of hydrogen-bond donors (Lipinski definition) is 1. The molecule has 0 radical (unpaired) electrons. The third-order valence-electron chi connectivity index (χ3n) is 5.68. The van der Waals surface area contributed by atoms with Gasteiger partial charge < -0.3 is 10.2 Å². The van der Waals surface area contributed by atoms with Gasteiger partial charge in [-0.05, 0) is 60.2 Å². The number of carbonyl (C=O) groups is 2. The maximum atomic E-state index is 14.1. The molecule has 1 aliphatic rings. The van der Waals surface area contributed by atoms with Crippen LogP contribution in [0.15, 0.2) is 94.7 Å². The van der Waals surface area contributed by atoms with Crippen molar-refractivity contribution in [1.82, 2.24) is 0 Å². The molecular formula is C27H17ClF2N2O3S. The number of fused-ring (bicyclic) bond motifs is 2. The SMILES string of the molecule is O=C(Nc1cc(F)ccc1F)c1ccc2c(c1)N(Cc1cccc(Cl)c1)C(=O)c1ccccc1[S@]2=O. The monoisotopic (exact) mass is 522 g/mol. The zero-order valence-corrected chi connectivity index (χ0v) is 20.1. The van der Waals surface area contributed by atoms with E-state index in [2.05, 4.69) is 5.32 Å². The number of hydrogen-bond acceptors (Lipinski definition) is 3. The summed E-state index contributed by atoms with van der Waals surface area (Å²) in [6.45, 7) is 0.0987. The molecule has 4 aromatic rings. The molecule has 0 unspecified atom stereocenters. The van der Waals surface area contributed by atoms with Gasteiger partial charge in [0.05, 0.1) is 44.1 Å². The van der Waals surface area contributed by atoms with Crippen LogP contribution in [0.25, 0.3) is 0 Å². The Bertz CT molecular complexity index is 1560. The van der Waals surface area contributed by atoms with Gasteiger partial charge in [0.15, 0.2) is 0 Å². The first-order valence-corrected chi connectivity index (χ1v) is 12.3. The van der Waals surface area contributed by atoms with Gasteiger partial charge in [0, 0.05) is 16.7 Å². The lowest BCUT2D eigenvalue weighted by atomic mass is 10.1. The average molecular weight is 523 g/mol. The molecule has 0 spiro atoms. The molecule has 1 atom stereocenters. The number of halogens is 3. The van der Waals surface area contributed by atoms with Crippen molar-refractivity contribution in [2.45, 2.75) is 16.3 Å². The minimum absolute atomic E-state index is 0.0734. The molecule has 5 rings (SSSR count). The first-order valence-electron chi connectivity index (χ1n) is 10.8. The highest BCUT2D eigenvalue weighted by Gasteiger charge is 2.31. The van der Waals surface area contributed by atoms with E-state index in [1.54, 1.807) is 48.5 Å². The number of nitrogens with zero attached hydrogens (tertiary/aromatic N) is 1. The maximum absolute atomic E-state index is 14.1. The molecule has 0 saturated carbocycles. The van der Waals surface area contributed by atoms with Gasteiger partial charge in [0.25, 0.3) is 11.8 Å². The Balaban J connectivity index is 1.60. The van der Waals surface area contributed by atoms with Crippen LogP contribution in [-0.4, -0.2) is 16.0 Å². The summed E-state index contributed by atoms with van der Waals surface area (Å²) in [6, 6.07) is 20.7. The largest absolute Gasteiger partial charge is 0.319 e. The topological polar surface area (TPSA) is 66.5 Å².